The molecule has 2 saturated heterocycles. The predicted molar refractivity (Wildman–Crippen MR) is 104 cm³/mol. The highest BCUT2D eigenvalue weighted by Gasteiger charge is 2.45. The molecule has 0 atom stereocenters. The van der Waals surface area contributed by atoms with Crippen molar-refractivity contribution in [3.8, 4) is 11.8 Å². The maximum atomic E-state index is 10.4. The molecule has 2 aliphatic heterocycles. The van der Waals surface area contributed by atoms with Crippen LogP contribution in [0.1, 0.15) is 46.5 Å². The van der Waals surface area contributed by atoms with Crippen molar-refractivity contribution in [1.82, 2.24) is 9.80 Å². The van der Waals surface area contributed by atoms with E-state index in [1.807, 2.05) is 20.8 Å². The Labute approximate surface area is 163 Å². The lowest BCUT2D eigenvalue weighted by Crippen LogP contribution is -2.60. The Morgan fingerprint density at radius 3 is 2.44 bits per heavy atom. The number of β-amino-alcohol motifs (C(OH)–C–C–N with tert-alkyl or cyclic N) is 1. The zero-order valence-electron chi connectivity index (χ0n) is 17.2. The largest absolute Gasteiger partial charge is 0.393 e. The molecule has 0 unspecified atom stereocenters. The van der Waals surface area contributed by atoms with E-state index in [-0.39, 0.29) is 17.3 Å². The average Bonchev–Trinajstić information content (AvgIpc) is 2.55. The number of aliphatic hydroxyl groups excluding tert-OH is 1. The standard InChI is InChI=1S/C21H36N2O4/c1-19(2,3)26-12-5-4-8-22-11-13-27-21(17-22)6-9-23(10-7-21)16-20(25)14-18(24)15-20/h18,24-25H,6-17H2,1-3H3. The molecule has 0 aromatic heterocycles. The van der Waals surface area contributed by atoms with Crippen LogP contribution >= 0.6 is 0 Å². The van der Waals surface area contributed by atoms with Crippen molar-refractivity contribution in [2.75, 3.05) is 52.5 Å². The molecule has 3 aliphatic rings. The van der Waals surface area contributed by atoms with Gasteiger partial charge in [0.2, 0.25) is 0 Å². The summed E-state index contributed by atoms with van der Waals surface area (Å²) >= 11 is 0. The second-order valence-corrected chi connectivity index (χ2v) is 9.56. The Kier molecular flexibility index (Phi) is 6.52. The van der Waals surface area contributed by atoms with Crippen molar-refractivity contribution in [2.45, 2.75) is 69.4 Å². The minimum Gasteiger partial charge on any atom is -0.393 e. The molecule has 0 radical (unpaired) electrons. The van der Waals surface area contributed by atoms with E-state index in [1.165, 1.54) is 0 Å². The van der Waals surface area contributed by atoms with Crippen molar-refractivity contribution in [3.05, 3.63) is 0 Å². The van der Waals surface area contributed by atoms with Gasteiger partial charge in [-0.3, -0.25) is 4.90 Å². The number of nitrogens with zero attached hydrogens (tertiary/aromatic N) is 2. The molecule has 0 aromatic carbocycles. The highest BCUT2D eigenvalue weighted by Crippen LogP contribution is 2.35. The summed E-state index contributed by atoms with van der Waals surface area (Å²) in [6.07, 6.45) is 2.68. The van der Waals surface area contributed by atoms with E-state index >= 15 is 0 Å². The summed E-state index contributed by atoms with van der Waals surface area (Å²) < 4.78 is 11.8. The maximum Gasteiger partial charge on any atom is 0.108 e. The van der Waals surface area contributed by atoms with Gasteiger partial charge in [0.25, 0.3) is 0 Å². The second-order valence-electron chi connectivity index (χ2n) is 9.56. The number of rotatable bonds is 4. The van der Waals surface area contributed by atoms with Gasteiger partial charge in [0.05, 0.1) is 36.1 Å². The molecule has 1 aliphatic carbocycles. The number of piperidine rings is 1. The number of hydrogen-bond acceptors (Lipinski definition) is 6. The van der Waals surface area contributed by atoms with Crippen LogP contribution in [0, 0.1) is 11.8 Å². The fraction of sp³-hybridized carbons (Fsp3) is 0.905. The maximum absolute atomic E-state index is 10.4. The Morgan fingerprint density at radius 2 is 1.81 bits per heavy atom. The summed E-state index contributed by atoms with van der Waals surface area (Å²) in [6, 6.07) is 0. The van der Waals surface area contributed by atoms with Gasteiger partial charge in [0, 0.05) is 45.6 Å². The third-order valence-corrected chi connectivity index (χ3v) is 5.85. The molecule has 2 N–H and O–H groups in total. The number of morpholine rings is 1. The fourth-order valence-corrected chi connectivity index (χ4v) is 4.31. The zero-order valence-corrected chi connectivity index (χ0v) is 17.2. The van der Waals surface area contributed by atoms with Crippen LogP contribution < -0.4 is 0 Å². The highest BCUT2D eigenvalue weighted by molar-refractivity contribution is 5.04. The number of likely N-dealkylation sites (tertiary alicyclic amines) is 1. The Morgan fingerprint density at radius 1 is 1.11 bits per heavy atom. The third kappa shape index (κ3) is 6.15. The molecule has 27 heavy (non-hydrogen) atoms. The van der Waals surface area contributed by atoms with Crippen LogP contribution in [0.25, 0.3) is 0 Å². The molecule has 6 heteroatoms. The van der Waals surface area contributed by atoms with E-state index < -0.39 is 5.60 Å². The Bertz CT molecular complexity index is 549. The highest BCUT2D eigenvalue weighted by atomic mass is 16.5. The van der Waals surface area contributed by atoms with Gasteiger partial charge in [-0.1, -0.05) is 11.8 Å². The zero-order chi connectivity index (χ0) is 19.5. The molecule has 1 spiro atoms. The summed E-state index contributed by atoms with van der Waals surface area (Å²) in [5.41, 5.74) is -0.898. The minimum atomic E-state index is -0.686. The smallest absolute Gasteiger partial charge is 0.108 e. The van der Waals surface area contributed by atoms with E-state index in [0.717, 1.165) is 52.2 Å². The lowest BCUT2D eigenvalue weighted by molar-refractivity contribution is -0.155. The van der Waals surface area contributed by atoms with E-state index in [0.29, 0.717) is 26.0 Å². The van der Waals surface area contributed by atoms with E-state index in [4.69, 9.17) is 9.47 Å². The molecule has 2 heterocycles. The molecule has 0 bridgehead atoms. The predicted octanol–water partition coefficient (Wildman–Crippen LogP) is 0.858. The first-order valence-corrected chi connectivity index (χ1v) is 10.3. The van der Waals surface area contributed by atoms with Crippen LogP contribution in [0.3, 0.4) is 0 Å². The quantitative estimate of drug-likeness (QED) is 0.706. The van der Waals surface area contributed by atoms with Crippen molar-refractivity contribution in [3.63, 3.8) is 0 Å². The van der Waals surface area contributed by atoms with Crippen LogP contribution in [0.2, 0.25) is 0 Å². The summed E-state index contributed by atoms with van der Waals surface area (Å²) in [5, 5.41) is 19.9. The van der Waals surface area contributed by atoms with Crippen molar-refractivity contribution in [2.24, 2.45) is 0 Å². The molecule has 0 amide bonds. The molecular weight excluding hydrogens is 344 g/mol. The van der Waals surface area contributed by atoms with E-state index in [1.54, 1.807) is 0 Å². The van der Waals surface area contributed by atoms with Crippen molar-refractivity contribution >= 4 is 0 Å². The van der Waals surface area contributed by atoms with E-state index in [9.17, 15) is 10.2 Å². The first-order chi connectivity index (χ1) is 12.7. The van der Waals surface area contributed by atoms with Gasteiger partial charge in [-0.15, -0.1) is 0 Å². The normalized spacial score (nSPS) is 32.0. The number of hydrogen-bond donors (Lipinski definition) is 2. The minimum absolute atomic E-state index is 0.0694. The van der Waals surface area contributed by atoms with Crippen molar-refractivity contribution in [1.29, 1.82) is 0 Å². The van der Waals surface area contributed by atoms with Gasteiger partial charge in [-0.25, -0.2) is 0 Å². The van der Waals surface area contributed by atoms with Gasteiger partial charge < -0.3 is 24.6 Å². The van der Waals surface area contributed by atoms with E-state index in [2.05, 4.69) is 21.6 Å². The fourth-order valence-electron chi connectivity index (χ4n) is 4.31. The summed E-state index contributed by atoms with van der Waals surface area (Å²) in [6.45, 7) is 12.5. The lowest BCUT2D eigenvalue weighted by Gasteiger charge is -2.49. The van der Waals surface area contributed by atoms with Crippen molar-refractivity contribution < 1.29 is 19.7 Å². The lowest BCUT2D eigenvalue weighted by atomic mass is 9.76. The van der Waals surface area contributed by atoms with Gasteiger partial charge >= 0.3 is 0 Å². The second kappa shape index (κ2) is 8.36. The summed E-state index contributed by atoms with van der Waals surface area (Å²) in [4.78, 5) is 4.71. The van der Waals surface area contributed by atoms with Gasteiger partial charge in [0.15, 0.2) is 0 Å². The topological polar surface area (TPSA) is 65.4 Å². The van der Waals surface area contributed by atoms with Crippen LogP contribution in [-0.2, 0) is 9.47 Å². The van der Waals surface area contributed by atoms with Gasteiger partial charge in [-0.05, 0) is 33.6 Å². The van der Waals surface area contributed by atoms with Crippen LogP contribution in [0.5, 0.6) is 0 Å². The Hall–Kier alpha value is -0.680. The molecule has 3 fully saturated rings. The monoisotopic (exact) mass is 380 g/mol. The molecule has 3 rings (SSSR count). The van der Waals surface area contributed by atoms with Gasteiger partial charge in [0.1, 0.15) is 6.61 Å². The molecule has 0 aromatic rings. The molecule has 154 valence electrons. The number of aliphatic hydroxyl groups is 2. The Balaban J connectivity index is 1.41. The first kappa shape index (κ1) is 21.0. The van der Waals surface area contributed by atoms with Crippen LogP contribution in [-0.4, -0.2) is 95.4 Å². The average molecular weight is 381 g/mol. The first-order valence-electron chi connectivity index (χ1n) is 10.3. The molecule has 6 nitrogen and oxygen atoms in total. The van der Waals surface area contributed by atoms with Crippen LogP contribution in [0.4, 0.5) is 0 Å². The summed E-state index contributed by atoms with van der Waals surface area (Å²) in [5.74, 6) is 6.36. The number of ether oxygens (including phenoxy) is 2. The third-order valence-electron chi connectivity index (χ3n) is 5.85. The summed E-state index contributed by atoms with van der Waals surface area (Å²) in [7, 11) is 0. The molecular formula is C21H36N2O4. The molecule has 1 saturated carbocycles. The van der Waals surface area contributed by atoms with Gasteiger partial charge in [-0.2, -0.15) is 0 Å². The SMILES string of the molecule is CC(C)(C)OCC#CCN1CCOC2(CCN(CC3(O)CC(O)C3)CC2)C1. The van der Waals surface area contributed by atoms with Crippen LogP contribution in [0.15, 0.2) is 0 Å².